The molecule has 0 unspecified atom stereocenters. The van der Waals surface area contributed by atoms with E-state index < -0.39 is 0 Å². The number of benzene rings is 1. The van der Waals surface area contributed by atoms with Gasteiger partial charge in [0.1, 0.15) is 23.6 Å². The van der Waals surface area contributed by atoms with Gasteiger partial charge in [0.25, 0.3) is 0 Å². The van der Waals surface area contributed by atoms with Crippen molar-refractivity contribution >= 4 is 22.8 Å². The first kappa shape index (κ1) is 22.6. The number of fused-ring (bicyclic) bond motifs is 1. The van der Waals surface area contributed by atoms with Crippen LogP contribution in [-0.4, -0.2) is 48.6 Å². The van der Waals surface area contributed by atoms with Crippen molar-refractivity contribution in [1.29, 1.82) is 0 Å². The molecule has 167 valence electrons. The average Bonchev–Trinajstić information content (AvgIpc) is 3.46. The summed E-state index contributed by atoms with van der Waals surface area (Å²) in [4.78, 5) is 26.6. The van der Waals surface area contributed by atoms with Crippen molar-refractivity contribution in [3.63, 3.8) is 0 Å². The van der Waals surface area contributed by atoms with E-state index in [4.69, 9.17) is 22.1 Å². The third-order valence-electron chi connectivity index (χ3n) is 5.46. The summed E-state index contributed by atoms with van der Waals surface area (Å²) in [6, 6.07) is 13.0. The third-order valence-corrected chi connectivity index (χ3v) is 5.46. The summed E-state index contributed by atoms with van der Waals surface area (Å²) >= 11 is 0. The van der Waals surface area contributed by atoms with Crippen molar-refractivity contribution < 1.29 is 30.0 Å². The van der Waals surface area contributed by atoms with Crippen molar-refractivity contribution in [2.45, 2.75) is 12.5 Å². The number of anilines is 1. The summed E-state index contributed by atoms with van der Waals surface area (Å²) in [5.41, 5.74) is 8.21. The van der Waals surface area contributed by atoms with E-state index in [1.807, 2.05) is 41.1 Å². The topological polar surface area (TPSA) is 112 Å². The fraction of sp³-hybridized carbons (Fsp3) is 0.174. The maximum absolute atomic E-state index is 11.9. The molecule has 3 aromatic heterocycles. The summed E-state index contributed by atoms with van der Waals surface area (Å²) in [6.45, 7) is 6.49. The van der Waals surface area contributed by atoms with Crippen molar-refractivity contribution in [2.24, 2.45) is 0 Å². The maximum atomic E-state index is 11.9. The molecule has 2 N–H and O–H groups in total. The van der Waals surface area contributed by atoms with Gasteiger partial charge < -0.3 is 20.2 Å². The van der Waals surface area contributed by atoms with Crippen molar-refractivity contribution in [3.8, 4) is 22.9 Å². The molecule has 0 spiro atoms. The molecular formula is C23H20N7O2Re-. The number of rotatable bonds is 5. The first-order valence-corrected chi connectivity index (χ1v) is 10.2. The van der Waals surface area contributed by atoms with Gasteiger partial charge in [-0.05, 0) is 24.6 Å². The summed E-state index contributed by atoms with van der Waals surface area (Å²) < 4.78 is 7.60. The van der Waals surface area contributed by atoms with E-state index in [-0.39, 0.29) is 32.4 Å². The molecule has 1 amide bonds. The van der Waals surface area contributed by atoms with Gasteiger partial charge in [-0.2, -0.15) is 11.2 Å². The molecule has 1 radical (unpaired) electrons. The molecule has 1 atom stereocenters. The zero-order chi connectivity index (χ0) is 22.1. The third kappa shape index (κ3) is 4.35. The van der Waals surface area contributed by atoms with Gasteiger partial charge in [-0.1, -0.05) is 18.2 Å². The Balaban J connectivity index is 0.00000259. The van der Waals surface area contributed by atoms with Gasteiger partial charge in [0.2, 0.25) is 5.88 Å². The number of nitrogens with zero attached hydrogens (tertiary/aromatic N) is 6. The molecule has 1 aliphatic heterocycles. The van der Waals surface area contributed by atoms with Crippen molar-refractivity contribution in [1.82, 2.24) is 29.6 Å². The van der Waals surface area contributed by atoms with Crippen LogP contribution in [0.3, 0.4) is 0 Å². The molecule has 0 aliphatic carbocycles. The number of carbonyl (C=O) groups excluding carboxylic acids is 1. The second-order valence-electron chi connectivity index (χ2n) is 7.44. The predicted molar refractivity (Wildman–Crippen MR) is 119 cm³/mol. The van der Waals surface area contributed by atoms with Gasteiger partial charge in [0.05, 0.1) is 17.3 Å². The summed E-state index contributed by atoms with van der Waals surface area (Å²) in [7, 11) is 0. The number of nitrogens with two attached hydrogens (primary N) is 1. The Labute approximate surface area is 204 Å². The Morgan fingerprint density at radius 3 is 2.70 bits per heavy atom. The molecular weight excluding hydrogens is 593 g/mol. The number of likely N-dealkylation sites (tertiary alicyclic amines) is 1. The number of amides is 1. The standard InChI is InChI=1S/C23H20N7O2.Re/c1-2-19(31)29-11-10-16(13-29)30-23-20(22(24)26-14-27-23)21(28-30)15-8-9-18(25-12-15)32-17-6-4-3-5-7-17;/h1-9,12,14,16H,10-11,13H2,(H2,24,26,27);/q-1;/t16-;/m0./s1. The number of ether oxygens (including phenoxy) is 1. The molecule has 0 bridgehead atoms. The minimum atomic E-state index is -0.198. The molecule has 1 saturated heterocycles. The Hall–Kier alpha value is -3.61. The van der Waals surface area contributed by atoms with Gasteiger partial charge in [0.15, 0.2) is 5.65 Å². The van der Waals surface area contributed by atoms with E-state index in [1.165, 1.54) is 6.33 Å². The first-order chi connectivity index (χ1) is 15.6. The number of hydrogen-bond acceptors (Lipinski definition) is 7. The summed E-state index contributed by atoms with van der Waals surface area (Å²) in [6.07, 6.45) is 4.92. The van der Waals surface area contributed by atoms with Crippen LogP contribution in [0.2, 0.25) is 0 Å². The minimum Gasteiger partial charge on any atom is -0.439 e. The number of nitrogen functional groups attached to an aromatic ring is 1. The molecule has 10 heteroatoms. The monoisotopic (exact) mass is 613 g/mol. The summed E-state index contributed by atoms with van der Waals surface area (Å²) in [5, 5.41) is 5.46. The SMILES string of the molecule is [CH-]=CC(=O)N1CC[C@H](n2nc(-c3ccc(Oc4ccccc4)nc3)c3c(N)ncnc32)C1.[Re]. The smallest absolute Gasteiger partial charge is 0.219 e. The van der Waals surface area contributed by atoms with Crippen LogP contribution in [0.25, 0.3) is 22.3 Å². The Morgan fingerprint density at radius 2 is 1.97 bits per heavy atom. The van der Waals surface area contributed by atoms with Crippen LogP contribution in [0.15, 0.2) is 61.1 Å². The molecule has 33 heavy (non-hydrogen) atoms. The fourth-order valence-corrected chi connectivity index (χ4v) is 3.89. The zero-order valence-electron chi connectivity index (χ0n) is 17.5. The predicted octanol–water partition coefficient (Wildman–Crippen LogP) is 3.02. The van der Waals surface area contributed by atoms with Crippen LogP contribution in [0.5, 0.6) is 11.6 Å². The zero-order valence-corrected chi connectivity index (χ0v) is 20.2. The average molecular weight is 613 g/mol. The van der Waals surface area contributed by atoms with Crippen LogP contribution < -0.4 is 10.5 Å². The molecule has 0 saturated carbocycles. The van der Waals surface area contributed by atoms with Gasteiger partial charge in [-0.25, -0.2) is 19.6 Å². The van der Waals surface area contributed by atoms with Crippen LogP contribution in [-0.2, 0) is 25.2 Å². The van der Waals surface area contributed by atoms with Crippen molar-refractivity contribution in [3.05, 3.63) is 67.6 Å². The number of pyridine rings is 1. The Kier molecular flexibility index (Phi) is 6.49. The van der Waals surface area contributed by atoms with Crippen molar-refractivity contribution in [2.75, 3.05) is 18.8 Å². The molecule has 1 aromatic carbocycles. The maximum Gasteiger partial charge on any atom is 0.219 e. The molecule has 1 fully saturated rings. The normalized spacial score (nSPS) is 15.3. The number of para-hydroxylation sites is 1. The van der Waals surface area contributed by atoms with E-state index in [2.05, 4.69) is 15.0 Å². The summed E-state index contributed by atoms with van der Waals surface area (Å²) in [5.74, 6) is 1.31. The second-order valence-corrected chi connectivity index (χ2v) is 7.44. The van der Waals surface area contributed by atoms with E-state index in [0.717, 1.165) is 18.1 Å². The van der Waals surface area contributed by atoms with Gasteiger partial charge in [0, 0.05) is 51.3 Å². The van der Waals surface area contributed by atoms with E-state index >= 15 is 0 Å². The van der Waals surface area contributed by atoms with Gasteiger partial charge >= 0.3 is 0 Å². The minimum absolute atomic E-state index is 0. The molecule has 9 nitrogen and oxygen atoms in total. The van der Waals surface area contributed by atoms with Gasteiger partial charge in [-0.3, -0.25) is 6.58 Å². The Bertz CT molecular complexity index is 1290. The number of hydrogen-bond donors (Lipinski definition) is 1. The number of aromatic nitrogens is 5. The Morgan fingerprint density at radius 1 is 1.15 bits per heavy atom. The van der Waals surface area contributed by atoms with Crippen LogP contribution >= 0.6 is 0 Å². The van der Waals surface area contributed by atoms with Gasteiger partial charge in [-0.15, -0.1) is 0 Å². The molecule has 4 heterocycles. The van der Waals surface area contributed by atoms with E-state index in [9.17, 15) is 4.79 Å². The fourth-order valence-electron chi connectivity index (χ4n) is 3.89. The van der Waals surface area contributed by atoms with E-state index in [0.29, 0.717) is 47.3 Å². The van der Waals surface area contributed by atoms with Crippen LogP contribution in [0, 0.1) is 6.58 Å². The quantitative estimate of drug-likeness (QED) is 0.273. The number of carbonyl (C=O) groups is 1. The molecule has 4 aromatic rings. The van der Waals surface area contributed by atoms with Crippen LogP contribution in [0.1, 0.15) is 12.5 Å². The first-order valence-electron chi connectivity index (χ1n) is 10.2. The second kappa shape index (κ2) is 9.49. The molecule has 1 aliphatic rings. The van der Waals surface area contributed by atoms with Crippen LogP contribution in [0.4, 0.5) is 5.82 Å². The van der Waals surface area contributed by atoms with E-state index in [1.54, 1.807) is 17.2 Å². The molecule has 5 rings (SSSR count). The largest absolute Gasteiger partial charge is 0.439 e.